The highest BCUT2D eigenvalue weighted by atomic mass is 35.5. The van der Waals surface area contributed by atoms with Crippen LogP contribution in [0.1, 0.15) is 24.2 Å². The molecule has 3 N–H and O–H groups in total. The number of halogens is 1. The summed E-state index contributed by atoms with van der Waals surface area (Å²) < 4.78 is 11.0. The number of hydrogen-bond donors (Lipinski definition) is 3. The Hall–Kier alpha value is -3.62. The molecule has 3 aromatic rings. The molecule has 176 valence electrons. The van der Waals surface area contributed by atoms with Gasteiger partial charge in [0.2, 0.25) is 0 Å². The summed E-state index contributed by atoms with van der Waals surface area (Å²) in [6, 6.07) is 20.6. The lowest BCUT2D eigenvalue weighted by atomic mass is 10.2. The predicted octanol–water partition coefficient (Wildman–Crippen LogP) is 5.27. The highest BCUT2D eigenvalue weighted by Gasteiger charge is 2.16. The van der Waals surface area contributed by atoms with Crippen LogP contribution in [0.4, 0.5) is 11.4 Å². The first-order chi connectivity index (χ1) is 16.4. The Labute approximate surface area is 208 Å². The summed E-state index contributed by atoms with van der Waals surface area (Å²) >= 11 is 11.3. The van der Waals surface area contributed by atoms with Crippen molar-refractivity contribution < 1.29 is 19.1 Å². The number of amides is 2. The van der Waals surface area contributed by atoms with Crippen molar-refractivity contribution in [3.63, 3.8) is 0 Å². The molecule has 0 saturated heterocycles. The van der Waals surface area contributed by atoms with Gasteiger partial charge in [-0.1, -0.05) is 23.7 Å². The van der Waals surface area contributed by atoms with Crippen LogP contribution in [0.15, 0.2) is 72.8 Å². The van der Waals surface area contributed by atoms with Crippen LogP contribution in [0.5, 0.6) is 11.5 Å². The van der Waals surface area contributed by atoms with Crippen molar-refractivity contribution in [3.8, 4) is 11.5 Å². The van der Waals surface area contributed by atoms with Gasteiger partial charge in [-0.2, -0.15) is 0 Å². The molecule has 0 aliphatic rings. The lowest BCUT2D eigenvalue weighted by Crippen LogP contribution is -2.34. The molecule has 0 heterocycles. The van der Waals surface area contributed by atoms with Crippen molar-refractivity contribution in [3.05, 3.63) is 83.4 Å². The number of carbonyl (C=O) groups is 2. The topological polar surface area (TPSA) is 88.7 Å². The summed E-state index contributed by atoms with van der Waals surface area (Å²) in [5.41, 5.74) is 1.68. The summed E-state index contributed by atoms with van der Waals surface area (Å²) in [5, 5.41) is 8.93. The van der Waals surface area contributed by atoms with Crippen LogP contribution < -0.4 is 25.4 Å². The zero-order valence-corrected chi connectivity index (χ0v) is 20.2. The molecule has 3 aromatic carbocycles. The third kappa shape index (κ3) is 7.19. The number of benzene rings is 3. The quantitative estimate of drug-likeness (QED) is 0.367. The number of thiocarbonyl (C=S) groups is 1. The largest absolute Gasteiger partial charge is 0.494 e. The van der Waals surface area contributed by atoms with E-state index in [9.17, 15) is 9.59 Å². The molecule has 34 heavy (non-hydrogen) atoms. The van der Waals surface area contributed by atoms with E-state index in [0.717, 1.165) is 0 Å². The van der Waals surface area contributed by atoms with Gasteiger partial charge >= 0.3 is 0 Å². The molecule has 3 rings (SSSR count). The summed E-state index contributed by atoms with van der Waals surface area (Å²) in [7, 11) is 0. The van der Waals surface area contributed by atoms with E-state index in [-0.39, 0.29) is 16.9 Å². The molecular weight excluding hydrogens is 474 g/mol. The fraction of sp³-hybridized carbons (Fsp3) is 0.160. The van der Waals surface area contributed by atoms with Crippen LogP contribution in [0.2, 0.25) is 5.02 Å². The molecule has 7 nitrogen and oxygen atoms in total. The van der Waals surface area contributed by atoms with E-state index in [1.165, 1.54) is 0 Å². The average molecular weight is 498 g/mol. The maximum Gasteiger partial charge on any atom is 0.265 e. The third-order valence-corrected chi connectivity index (χ3v) is 5.09. The average Bonchev–Trinajstić information content (AvgIpc) is 2.82. The van der Waals surface area contributed by atoms with E-state index in [2.05, 4.69) is 16.0 Å². The minimum absolute atomic E-state index is 0.150. The molecular formula is C25H24ClN3O4S. The van der Waals surface area contributed by atoms with Gasteiger partial charge < -0.3 is 20.1 Å². The van der Waals surface area contributed by atoms with Crippen LogP contribution >= 0.6 is 23.8 Å². The second kappa shape index (κ2) is 12.0. The van der Waals surface area contributed by atoms with Crippen LogP contribution in [-0.2, 0) is 4.79 Å². The molecule has 0 aliphatic carbocycles. The van der Waals surface area contributed by atoms with Crippen molar-refractivity contribution in [2.45, 2.75) is 20.0 Å². The maximum absolute atomic E-state index is 12.4. The van der Waals surface area contributed by atoms with Gasteiger partial charge in [0.1, 0.15) is 11.5 Å². The molecule has 0 saturated carbocycles. The zero-order valence-electron chi connectivity index (χ0n) is 18.6. The molecule has 0 spiro atoms. The Morgan fingerprint density at radius 3 is 2.18 bits per heavy atom. The normalized spacial score (nSPS) is 11.1. The monoisotopic (exact) mass is 497 g/mol. The molecule has 1 atom stereocenters. The van der Waals surface area contributed by atoms with E-state index in [1.54, 1.807) is 79.7 Å². The SMILES string of the molecule is CCOc1ccc(C(=O)NC(=S)Nc2ccc(NC(=O)C(C)Oc3ccccc3Cl)cc2)cc1. The number of para-hydroxylation sites is 1. The van der Waals surface area contributed by atoms with Gasteiger partial charge in [0.05, 0.1) is 11.6 Å². The highest BCUT2D eigenvalue weighted by molar-refractivity contribution is 7.80. The summed E-state index contributed by atoms with van der Waals surface area (Å²) in [6.07, 6.45) is -0.747. The van der Waals surface area contributed by atoms with Gasteiger partial charge in [-0.25, -0.2) is 0 Å². The molecule has 2 amide bonds. The molecule has 0 aromatic heterocycles. The number of carbonyl (C=O) groups excluding carboxylic acids is 2. The van der Waals surface area contributed by atoms with E-state index in [1.807, 2.05) is 6.92 Å². The molecule has 1 unspecified atom stereocenters. The standard InChI is InChI=1S/C25H24ClN3O4S/c1-3-32-20-14-8-17(9-15-20)24(31)29-25(34)28-19-12-10-18(11-13-19)27-23(30)16(2)33-22-7-5-4-6-21(22)26/h4-16H,3H2,1-2H3,(H,27,30)(H2,28,29,31,34). The van der Waals surface area contributed by atoms with Gasteiger partial charge in [0.15, 0.2) is 11.2 Å². The van der Waals surface area contributed by atoms with Gasteiger partial charge in [0, 0.05) is 16.9 Å². The van der Waals surface area contributed by atoms with E-state index in [4.69, 9.17) is 33.3 Å². The van der Waals surface area contributed by atoms with Crippen LogP contribution in [0, 0.1) is 0 Å². The molecule has 0 bridgehead atoms. The highest BCUT2D eigenvalue weighted by Crippen LogP contribution is 2.24. The van der Waals surface area contributed by atoms with E-state index < -0.39 is 6.10 Å². The fourth-order valence-electron chi connectivity index (χ4n) is 2.87. The Bertz CT molecular complexity index is 1150. The lowest BCUT2D eigenvalue weighted by molar-refractivity contribution is -0.122. The number of rotatable bonds is 8. The van der Waals surface area contributed by atoms with Gasteiger partial charge in [-0.3, -0.25) is 14.9 Å². The molecule has 0 fully saturated rings. The number of anilines is 2. The lowest BCUT2D eigenvalue weighted by Gasteiger charge is -2.16. The van der Waals surface area contributed by atoms with Crippen LogP contribution in [0.3, 0.4) is 0 Å². The summed E-state index contributed by atoms with van der Waals surface area (Å²) in [6.45, 7) is 4.08. The Kier molecular flexibility index (Phi) is 8.84. The maximum atomic E-state index is 12.4. The van der Waals surface area contributed by atoms with Crippen LogP contribution in [-0.4, -0.2) is 29.6 Å². The molecule has 0 aliphatic heterocycles. The predicted molar refractivity (Wildman–Crippen MR) is 138 cm³/mol. The molecule has 0 radical (unpaired) electrons. The number of ether oxygens (including phenoxy) is 2. The molecule has 9 heteroatoms. The van der Waals surface area contributed by atoms with Gasteiger partial charge in [-0.15, -0.1) is 0 Å². The van der Waals surface area contributed by atoms with Crippen molar-refractivity contribution in [1.82, 2.24) is 5.32 Å². The van der Waals surface area contributed by atoms with E-state index in [0.29, 0.717) is 40.1 Å². The van der Waals surface area contributed by atoms with Gasteiger partial charge in [0.25, 0.3) is 11.8 Å². The van der Waals surface area contributed by atoms with Crippen molar-refractivity contribution >= 4 is 52.1 Å². The van der Waals surface area contributed by atoms with Crippen molar-refractivity contribution in [1.29, 1.82) is 0 Å². The van der Waals surface area contributed by atoms with E-state index >= 15 is 0 Å². The van der Waals surface area contributed by atoms with Crippen molar-refractivity contribution in [2.24, 2.45) is 0 Å². The third-order valence-electron chi connectivity index (χ3n) is 4.57. The second-order valence-electron chi connectivity index (χ2n) is 7.12. The Balaban J connectivity index is 1.49. The minimum Gasteiger partial charge on any atom is -0.494 e. The Morgan fingerprint density at radius 1 is 0.941 bits per heavy atom. The Morgan fingerprint density at radius 2 is 1.56 bits per heavy atom. The first-order valence-electron chi connectivity index (χ1n) is 10.5. The zero-order chi connectivity index (χ0) is 24.5. The van der Waals surface area contributed by atoms with Gasteiger partial charge in [-0.05, 0) is 86.7 Å². The first kappa shape index (κ1) is 25.0. The summed E-state index contributed by atoms with van der Waals surface area (Å²) in [4.78, 5) is 24.8. The first-order valence-corrected chi connectivity index (χ1v) is 11.3. The van der Waals surface area contributed by atoms with Crippen LogP contribution in [0.25, 0.3) is 0 Å². The summed E-state index contributed by atoms with van der Waals surface area (Å²) in [5.74, 6) is 0.472. The number of hydrogen-bond acceptors (Lipinski definition) is 5. The van der Waals surface area contributed by atoms with Crippen molar-refractivity contribution in [2.75, 3.05) is 17.2 Å². The minimum atomic E-state index is -0.747. The second-order valence-corrected chi connectivity index (χ2v) is 7.94. The number of nitrogens with one attached hydrogen (secondary N) is 3. The smallest absolute Gasteiger partial charge is 0.265 e. The fourth-order valence-corrected chi connectivity index (χ4v) is 3.26.